The summed E-state index contributed by atoms with van der Waals surface area (Å²) in [6.07, 6.45) is 0. The Morgan fingerprint density at radius 3 is 1.50 bits per heavy atom. The summed E-state index contributed by atoms with van der Waals surface area (Å²) < 4.78 is 0. The second kappa shape index (κ2) is 1.19. The maximum atomic E-state index is 7.44. The molecule has 0 bridgehead atoms. The van der Waals surface area contributed by atoms with Crippen molar-refractivity contribution in [2.75, 3.05) is 0 Å². The highest BCUT2D eigenvalue weighted by Gasteiger charge is 1.58. The van der Waals surface area contributed by atoms with Crippen molar-refractivity contribution < 1.29 is 5.21 Å². The van der Waals surface area contributed by atoms with Crippen LogP contribution in [0.4, 0.5) is 0 Å². The van der Waals surface area contributed by atoms with Crippen molar-refractivity contribution >= 4 is 0 Å². The van der Waals surface area contributed by atoms with Crippen molar-refractivity contribution in [3.63, 3.8) is 0 Å². The molecular weight excluding hydrogens is 58.0 g/mol. The topological polar surface area (TPSA) is 75.5 Å². The average molecular weight is 63.1 g/mol. The first-order chi connectivity index (χ1) is 1.73. The molecule has 26 valence electrons. The van der Waals surface area contributed by atoms with Gasteiger partial charge in [-0.3, -0.25) is 5.21 Å². The Kier molecular flexibility index (Phi) is 1.14. The molecule has 0 radical (unpaired) electrons. The van der Waals surface area contributed by atoms with E-state index >= 15 is 0 Å². The first kappa shape index (κ1) is 3.84. The summed E-state index contributed by atoms with van der Waals surface area (Å²) in [5.41, 5.74) is 0. The van der Waals surface area contributed by atoms with Gasteiger partial charge in [0.15, 0.2) is 0 Å². The molecule has 0 amide bonds. The second-order valence-electron chi connectivity index (χ2n) is 0.380. The minimum absolute atomic E-state index is 0. The Morgan fingerprint density at radius 2 is 1.50 bits per heavy atom. The van der Waals surface area contributed by atoms with Crippen molar-refractivity contribution in [3.8, 4) is 0 Å². The van der Waals surface area contributed by atoms with Gasteiger partial charge in [-0.15, -0.1) is 0 Å². The molecule has 0 spiro atoms. The van der Waals surface area contributed by atoms with Gasteiger partial charge in [-0.2, -0.15) is 0 Å². The predicted molar refractivity (Wildman–Crippen MR) is 12.0 cm³/mol. The molecule has 0 atom stereocenters. The molecule has 0 aromatic heterocycles. The van der Waals surface area contributed by atoms with Crippen LogP contribution in [0.1, 0.15) is 0 Å². The number of hydrogen-bond acceptors (Lipinski definition) is 4. The van der Waals surface area contributed by atoms with Crippen LogP contribution in [0.25, 0.3) is 0 Å². The van der Waals surface area contributed by atoms with Gasteiger partial charge < -0.3 is 0 Å². The highest BCUT2D eigenvalue weighted by molar-refractivity contribution is 3.64. The lowest BCUT2D eigenvalue weighted by Crippen LogP contribution is -2.33. The zero-order chi connectivity index (χ0) is 3.58. The first-order valence-corrected chi connectivity index (χ1v) is 0.716. The van der Waals surface area contributed by atoms with Gasteiger partial charge in [-0.25, -0.2) is 11.7 Å². The molecule has 0 heterocycles. The maximum Gasteiger partial charge on any atom is -0.0601 e. The molecule has 0 unspecified atom stereocenters. The van der Waals surface area contributed by atoms with Gasteiger partial charge in [-0.1, -0.05) is 5.28 Å². The largest absolute Gasteiger partial charge is 0.285 e. The Hall–Kier alpha value is -0.160. The van der Waals surface area contributed by atoms with E-state index in [9.17, 15) is 0 Å². The maximum absolute atomic E-state index is 7.44. The monoisotopic (exact) mass is 63.0 g/mol. The SMILES string of the molecule is NN(N)O. The summed E-state index contributed by atoms with van der Waals surface area (Å²) in [6.45, 7) is 0. The van der Waals surface area contributed by atoms with Crippen molar-refractivity contribution in [2.45, 2.75) is 0 Å². The van der Waals surface area contributed by atoms with Crippen LogP contribution in [0.5, 0.6) is 0 Å². The third kappa shape index (κ3) is 50.7. The Balaban J connectivity index is 2.32. The summed E-state index contributed by atoms with van der Waals surface area (Å²) >= 11 is 0. The zero-order valence-corrected chi connectivity index (χ0v) is 2.05. The second-order valence-corrected chi connectivity index (χ2v) is 0.380. The normalized spacial score (nSPS) is 9.00. The molecule has 0 saturated heterocycles. The van der Waals surface area contributed by atoms with Crippen LogP contribution < -0.4 is 11.7 Å². The number of hydrazine groups is 2. The van der Waals surface area contributed by atoms with Crippen LogP contribution >= 0.6 is 0 Å². The molecule has 0 aliphatic carbocycles. The molecule has 0 aromatic rings. The number of nitrogens with two attached hydrogens (primary N) is 2. The lowest BCUT2D eigenvalue weighted by molar-refractivity contribution is -0.0953. The molecule has 0 rings (SSSR count). The van der Waals surface area contributed by atoms with E-state index in [0.717, 1.165) is 0 Å². The standard InChI is InChI=1S/H5N3O/c1-3(2)4/h4H,1-2H2. The van der Waals surface area contributed by atoms with Crippen LogP contribution in [0.2, 0.25) is 0 Å². The van der Waals surface area contributed by atoms with Gasteiger partial charge in [0.1, 0.15) is 0 Å². The van der Waals surface area contributed by atoms with Gasteiger partial charge in [0, 0.05) is 0 Å². The van der Waals surface area contributed by atoms with Crippen molar-refractivity contribution in [1.82, 2.24) is 5.28 Å². The fraction of sp³-hybridized carbons (Fsp3) is 0. The lowest BCUT2D eigenvalue weighted by Gasteiger charge is -1.89. The number of nitrogens with zero attached hydrogens (tertiary/aromatic N) is 1. The molecule has 4 nitrogen and oxygen atoms in total. The Labute approximate surface area is 23.5 Å². The predicted octanol–water partition coefficient (Wildman–Crippen LogP) is -1.58. The Bertz CT molecular complexity index is 8.00. The highest BCUT2D eigenvalue weighted by Crippen LogP contribution is 1.23. The van der Waals surface area contributed by atoms with Crippen molar-refractivity contribution in [3.05, 3.63) is 0 Å². The minimum Gasteiger partial charge on any atom is -0.285 e. The van der Waals surface area contributed by atoms with Gasteiger partial charge in [0.05, 0.1) is 0 Å². The fourth-order valence-electron chi connectivity index (χ4n) is 0. The quantitative estimate of drug-likeness (QED) is 0.234. The number of rotatable bonds is 0. The van der Waals surface area contributed by atoms with Gasteiger partial charge in [-0.05, 0) is 0 Å². The Morgan fingerprint density at radius 1 is 1.50 bits per heavy atom. The van der Waals surface area contributed by atoms with E-state index in [-0.39, 0.29) is 5.28 Å². The molecule has 0 saturated carbocycles. The van der Waals surface area contributed by atoms with Crippen LogP contribution in [0.15, 0.2) is 0 Å². The summed E-state index contributed by atoms with van der Waals surface area (Å²) in [5.74, 6) is 8.56. The van der Waals surface area contributed by atoms with Crippen LogP contribution in [-0.2, 0) is 0 Å². The molecule has 0 aromatic carbocycles. The molecule has 5 N–H and O–H groups in total. The molecule has 4 heteroatoms. The van der Waals surface area contributed by atoms with Crippen molar-refractivity contribution in [2.24, 2.45) is 11.7 Å². The van der Waals surface area contributed by atoms with E-state index in [1.807, 2.05) is 0 Å². The summed E-state index contributed by atoms with van der Waals surface area (Å²) in [4.78, 5) is 0. The zero-order valence-electron chi connectivity index (χ0n) is 2.05. The van der Waals surface area contributed by atoms with E-state index in [4.69, 9.17) is 5.21 Å². The highest BCUT2D eigenvalue weighted by atomic mass is 16.6. The van der Waals surface area contributed by atoms with E-state index in [0.29, 0.717) is 0 Å². The summed E-state index contributed by atoms with van der Waals surface area (Å²) in [5, 5.41) is 7.44. The lowest BCUT2D eigenvalue weighted by atomic mass is 12.4. The van der Waals surface area contributed by atoms with Crippen molar-refractivity contribution in [1.29, 1.82) is 0 Å². The smallest absolute Gasteiger partial charge is 0.0601 e. The first-order valence-electron chi connectivity index (χ1n) is 0.716. The molecule has 0 aliphatic heterocycles. The van der Waals surface area contributed by atoms with E-state index in [1.165, 1.54) is 0 Å². The number of hydrogen-bond donors (Lipinski definition) is 3. The third-order valence-corrected chi connectivity index (χ3v) is 0. The van der Waals surface area contributed by atoms with Crippen LogP contribution in [-0.4, -0.2) is 10.5 Å². The molecule has 0 aliphatic rings. The average Bonchev–Trinajstić information content (AvgIpc) is 0.811. The molecule has 0 fully saturated rings. The minimum atomic E-state index is 0. The van der Waals surface area contributed by atoms with Gasteiger partial charge in [0.2, 0.25) is 0 Å². The third-order valence-electron chi connectivity index (χ3n) is 0. The summed E-state index contributed by atoms with van der Waals surface area (Å²) in [7, 11) is 0. The van der Waals surface area contributed by atoms with Gasteiger partial charge >= 0.3 is 0 Å². The van der Waals surface area contributed by atoms with Gasteiger partial charge in [0.25, 0.3) is 0 Å². The molecule has 4 heavy (non-hydrogen) atoms. The van der Waals surface area contributed by atoms with E-state index in [1.54, 1.807) is 0 Å². The van der Waals surface area contributed by atoms with E-state index in [2.05, 4.69) is 11.7 Å². The van der Waals surface area contributed by atoms with E-state index < -0.39 is 0 Å². The molecular formula is H5N3O. The fourth-order valence-corrected chi connectivity index (χ4v) is 0. The van der Waals surface area contributed by atoms with Crippen LogP contribution in [0.3, 0.4) is 0 Å². The summed E-state index contributed by atoms with van der Waals surface area (Å²) in [6, 6.07) is 0. The van der Waals surface area contributed by atoms with Crippen LogP contribution in [0, 0.1) is 0 Å².